The molecule has 0 aromatic heterocycles. The second-order valence-electron chi connectivity index (χ2n) is 6.39. The number of nitrogens with one attached hydrogen (secondary N) is 1. The van der Waals surface area contributed by atoms with Gasteiger partial charge in [0, 0.05) is 12.5 Å². The largest absolute Gasteiger partial charge is 0.493 e. The van der Waals surface area contributed by atoms with Gasteiger partial charge >= 0.3 is 5.97 Å². The van der Waals surface area contributed by atoms with Crippen LogP contribution in [0.3, 0.4) is 0 Å². The lowest BCUT2D eigenvalue weighted by molar-refractivity contribution is -0.153. The average Bonchev–Trinajstić information content (AvgIpc) is 2.84. The van der Waals surface area contributed by atoms with E-state index in [1.807, 2.05) is 26.8 Å². The predicted molar refractivity (Wildman–Crippen MR) is 82.5 cm³/mol. The molecule has 21 heavy (non-hydrogen) atoms. The van der Waals surface area contributed by atoms with Crippen molar-refractivity contribution in [3.63, 3.8) is 0 Å². The maximum absolute atomic E-state index is 11.8. The lowest BCUT2D eigenvalue weighted by Gasteiger charge is -2.22. The van der Waals surface area contributed by atoms with Gasteiger partial charge in [-0.25, -0.2) is 0 Å². The molecule has 1 aromatic carbocycles. The Morgan fingerprint density at radius 2 is 2.19 bits per heavy atom. The molecule has 1 heterocycles. The third-order valence-corrected chi connectivity index (χ3v) is 3.44. The molecule has 4 nitrogen and oxygen atoms in total. The average molecular weight is 291 g/mol. The first kappa shape index (κ1) is 15.8. The Kier molecular flexibility index (Phi) is 4.88. The molecule has 0 saturated carbocycles. The summed E-state index contributed by atoms with van der Waals surface area (Å²) < 4.78 is 10.8. The molecule has 0 spiro atoms. The molecule has 4 heteroatoms. The molecule has 1 unspecified atom stereocenters. The van der Waals surface area contributed by atoms with Gasteiger partial charge in [0.05, 0.1) is 13.2 Å². The molecule has 0 amide bonds. The molecular formula is C17H25NO3. The zero-order valence-electron chi connectivity index (χ0n) is 13.4. The lowest BCUT2D eigenvalue weighted by Crippen LogP contribution is -2.33. The van der Waals surface area contributed by atoms with Gasteiger partial charge in [0.1, 0.15) is 11.4 Å². The number of carbonyl (C=O) groups excluding carboxylic acids is 1. The van der Waals surface area contributed by atoms with Crippen molar-refractivity contribution in [2.75, 3.05) is 13.2 Å². The number of hydrogen-bond donors (Lipinski definition) is 1. The van der Waals surface area contributed by atoms with E-state index in [2.05, 4.69) is 24.4 Å². The Bertz CT molecular complexity index is 505. The van der Waals surface area contributed by atoms with Crippen LogP contribution in [-0.4, -0.2) is 24.7 Å². The van der Waals surface area contributed by atoms with Crippen LogP contribution in [0.1, 0.15) is 51.3 Å². The number of carbonyl (C=O) groups is 1. The van der Waals surface area contributed by atoms with Crippen molar-refractivity contribution >= 4 is 5.97 Å². The minimum Gasteiger partial charge on any atom is -0.493 e. The van der Waals surface area contributed by atoms with E-state index in [1.54, 1.807) is 0 Å². The van der Waals surface area contributed by atoms with Crippen LogP contribution in [0, 0.1) is 0 Å². The molecule has 1 aliphatic heterocycles. The third-order valence-electron chi connectivity index (χ3n) is 3.44. The maximum Gasteiger partial charge on any atom is 0.320 e. The summed E-state index contributed by atoms with van der Waals surface area (Å²) in [5.74, 6) is 0.770. The van der Waals surface area contributed by atoms with Gasteiger partial charge in [-0.15, -0.1) is 0 Å². The maximum atomic E-state index is 11.8. The van der Waals surface area contributed by atoms with E-state index >= 15 is 0 Å². The summed E-state index contributed by atoms with van der Waals surface area (Å²) in [7, 11) is 0. The molecule has 0 aliphatic carbocycles. The van der Waals surface area contributed by atoms with Crippen molar-refractivity contribution in [1.82, 2.24) is 5.32 Å². The van der Waals surface area contributed by atoms with Crippen LogP contribution in [0.15, 0.2) is 18.2 Å². The summed E-state index contributed by atoms with van der Waals surface area (Å²) in [5.41, 5.74) is 2.01. The number of esters is 1. The number of benzene rings is 1. The predicted octanol–water partition coefficient (Wildman–Crippen LogP) is 3.00. The van der Waals surface area contributed by atoms with Gasteiger partial charge in [0.25, 0.3) is 0 Å². The molecule has 1 aromatic rings. The molecule has 0 radical (unpaired) electrons. The number of ether oxygens (including phenoxy) is 2. The topological polar surface area (TPSA) is 47.6 Å². The fraction of sp³-hybridized carbons (Fsp3) is 0.588. The summed E-state index contributed by atoms with van der Waals surface area (Å²) >= 11 is 0. The molecule has 0 bridgehead atoms. The lowest BCUT2D eigenvalue weighted by atomic mass is 10.0. The quantitative estimate of drug-likeness (QED) is 0.847. The second kappa shape index (κ2) is 6.48. The Morgan fingerprint density at radius 1 is 1.43 bits per heavy atom. The first-order valence-electron chi connectivity index (χ1n) is 7.60. The molecule has 2 rings (SSSR count). The Morgan fingerprint density at radius 3 is 2.86 bits per heavy atom. The van der Waals surface area contributed by atoms with Crippen molar-refractivity contribution in [1.29, 1.82) is 0 Å². The van der Waals surface area contributed by atoms with Crippen LogP contribution < -0.4 is 10.1 Å². The van der Waals surface area contributed by atoms with E-state index in [9.17, 15) is 4.79 Å². The highest BCUT2D eigenvalue weighted by Gasteiger charge is 2.19. The Balaban J connectivity index is 1.95. The van der Waals surface area contributed by atoms with Crippen LogP contribution in [0.4, 0.5) is 0 Å². The molecule has 0 saturated heterocycles. The van der Waals surface area contributed by atoms with Crippen molar-refractivity contribution in [3.05, 3.63) is 29.3 Å². The zero-order chi connectivity index (χ0) is 15.5. The zero-order valence-corrected chi connectivity index (χ0v) is 13.4. The molecule has 0 fully saturated rings. The minimum absolute atomic E-state index is 0.156. The monoisotopic (exact) mass is 291 g/mol. The minimum atomic E-state index is -0.439. The SMILES string of the molecule is CCC(NCC(=O)OC(C)(C)C)c1ccc2c(c1)CCO2. The van der Waals surface area contributed by atoms with E-state index in [1.165, 1.54) is 11.1 Å². The van der Waals surface area contributed by atoms with Crippen LogP contribution >= 0.6 is 0 Å². The van der Waals surface area contributed by atoms with Crippen molar-refractivity contribution in [2.45, 2.75) is 52.2 Å². The third kappa shape index (κ3) is 4.46. The van der Waals surface area contributed by atoms with Crippen LogP contribution in [0.2, 0.25) is 0 Å². The molecule has 1 atom stereocenters. The molecule has 116 valence electrons. The smallest absolute Gasteiger partial charge is 0.320 e. The van der Waals surface area contributed by atoms with Gasteiger partial charge in [0.15, 0.2) is 0 Å². The van der Waals surface area contributed by atoms with Crippen molar-refractivity contribution < 1.29 is 14.3 Å². The van der Waals surface area contributed by atoms with E-state index in [0.717, 1.165) is 25.2 Å². The fourth-order valence-corrected chi connectivity index (χ4v) is 2.51. The van der Waals surface area contributed by atoms with E-state index in [-0.39, 0.29) is 18.6 Å². The van der Waals surface area contributed by atoms with Gasteiger partial charge in [-0.3, -0.25) is 4.79 Å². The summed E-state index contributed by atoms with van der Waals surface area (Å²) in [4.78, 5) is 11.8. The van der Waals surface area contributed by atoms with E-state index < -0.39 is 5.60 Å². The number of fused-ring (bicyclic) bond motifs is 1. The van der Waals surface area contributed by atoms with Crippen LogP contribution in [0.25, 0.3) is 0 Å². The first-order chi connectivity index (χ1) is 9.89. The summed E-state index contributed by atoms with van der Waals surface area (Å²) in [6.45, 7) is 8.73. The second-order valence-corrected chi connectivity index (χ2v) is 6.39. The fourth-order valence-electron chi connectivity index (χ4n) is 2.51. The molecular weight excluding hydrogens is 266 g/mol. The summed E-state index contributed by atoms with van der Waals surface area (Å²) in [5, 5.41) is 3.28. The summed E-state index contributed by atoms with van der Waals surface area (Å²) in [6, 6.07) is 6.43. The number of hydrogen-bond acceptors (Lipinski definition) is 4. The standard InChI is InChI=1S/C17H25NO3/c1-5-14(18-11-16(19)21-17(2,3)4)12-6-7-15-13(10-12)8-9-20-15/h6-7,10,14,18H,5,8-9,11H2,1-4H3. The van der Waals surface area contributed by atoms with Gasteiger partial charge in [-0.05, 0) is 44.4 Å². The highest BCUT2D eigenvalue weighted by molar-refractivity contribution is 5.72. The van der Waals surface area contributed by atoms with E-state index in [4.69, 9.17) is 9.47 Å². The highest BCUT2D eigenvalue weighted by Crippen LogP contribution is 2.29. The Labute approximate surface area is 126 Å². The van der Waals surface area contributed by atoms with E-state index in [0.29, 0.717) is 0 Å². The number of rotatable bonds is 5. The Hall–Kier alpha value is -1.55. The first-order valence-corrected chi connectivity index (χ1v) is 7.60. The van der Waals surface area contributed by atoms with Crippen molar-refractivity contribution in [2.24, 2.45) is 0 Å². The van der Waals surface area contributed by atoms with Gasteiger partial charge in [-0.2, -0.15) is 0 Å². The van der Waals surface area contributed by atoms with Crippen molar-refractivity contribution in [3.8, 4) is 5.75 Å². The van der Waals surface area contributed by atoms with Crippen LogP contribution in [0.5, 0.6) is 5.75 Å². The summed E-state index contributed by atoms with van der Waals surface area (Å²) in [6.07, 6.45) is 1.88. The normalized spacial score (nSPS) is 15.2. The van der Waals surface area contributed by atoms with Gasteiger partial charge < -0.3 is 14.8 Å². The molecule has 1 N–H and O–H groups in total. The van der Waals surface area contributed by atoms with Gasteiger partial charge in [-0.1, -0.05) is 19.1 Å². The molecule has 1 aliphatic rings. The highest BCUT2D eigenvalue weighted by atomic mass is 16.6. The van der Waals surface area contributed by atoms with Crippen LogP contribution in [-0.2, 0) is 16.0 Å². The van der Waals surface area contributed by atoms with Gasteiger partial charge in [0.2, 0.25) is 0 Å².